The number of nitrogens with one attached hydrogen (secondary N) is 2. The van der Waals surface area contributed by atoms with Crippen LogP contribution in [0.5, 0.6) is 0 Å². The summed E-state index contributed by atoms with van der Waals surface area (Å²) in [5.41, 5.74) is -0.144. The van der Waals surface area contributed by atoms with Crippen molar-refractivity contribution in [3.05, 3.63) is 28.8 Å². The van der Waals surface area contributed by atoms with E-state index in [9.17, 15) is 9.59 Å². The summed E-state index contributed by atoms with van der Waals surface area (Å²) in [5.74, 6) is -1.08. The van der Waals surface area contributed by atoms with Gasteiger partial charge in [-0.3, -0.25) is 0 Å². The Bertz CT molecular complexity index is 517. The number of carboxylic acids is 1. The number of methoxy groups -OCH3 is 1. The zero-order valence-electron chi connectivity index (χ0n) is 11.5. The molecule has 0 unspecified atom stereocenters. The molecule has 110 valence electrons. The first-order valence-electron chi connectivity index (χ1n) is 5.86. The van der Waals surface area contributed by atoms with Gasteiger partial charge >= 0.3 is 12.0 Å². The Morgan fingerprint density at radius 3 is 2.55 bits per heavy atom. The average molecular weight is 301 g/mol. The van der Waals surface area contributed by atoms with E-state index < -0.39 is 17.5 Å². The molecule has 0 aliphatic carbocycles. The van der Waals surface area contributed by atoms with Crippen molar-refractivity contribution in [2.24, 2.45) is 0 Å². The number of rotatable bonds is 5. The molecule has 1 rings (SSSR count). The van der Waals surface area contributed by atoms with Crippen LogP contribution in [0.1, 0.15) is 24.2 Å². The van der Waals surface area contributed by atoms with Gasteiger partial charge in [-0.1, -0.05) is 11.6 Å². The molecule has 1 aromatic rings. The molecule has 0 fully saturated rings. The van der Waals surface area contributed by atoms with Crippen molar-refractivity contribution < 1.29 is 19.4 Å². The standard InChI is InChI=1S/C13H17ClN2O4/c1-13(2,7-20-3)16-12(19)15-10-5-4-8(11(17)18)6-9(10)14/h4-6H,7H2,1-3H3,(H,17,18)(H2,15,16,19). The highest BCUT2D eigenvalue weighted by atomic mass is 35.5. The van der Waals surface area contributed by atoms with Crippen molar-refractivity contribution >= 4 is 29.3 Å². The quantitative estimate of drug-likeness (QED) is 0.780. The number of benzene rings is 1. The van der Waals surface area contributed by atoms with Gasteiger partial charge in [0.05, 0.1) is 28.4 Å². The summed E-state index contributed by atoms with van der Waals surface area (Å²) >= 11 is 5.92. The average Bonchev–Trinajstić information content (AvgIpc) is 2.30. The van der Waals surface area contributed by atoms with Crippen molar-refractivity contribution in [3.63, 3.8) is 0 Å². The van der Waals surface area contributed by atoms with Crippen molar-refractivity contribution in [2.75, 3.05) is 19.0 Å². The third kappa shape index (κ3) is 4.71. The molecule has 0 saturated carbocycles. The predicted octanol–water partition coefficient (Wildman–Crippen LogP) is 2.58. The number of halogens is 1. The lowest BCUT2D eigenvalue weighted by atomic mass is 10.1. The zero-order chi connectivity index (χ0) is 15.3. The van der Waals surface area contributed by atoms with Crippen LogP contribution >= 0.6 is 11.6 Å². The summed E-state index contributed by atoms with van der Waals surface area (Å²) in [6, 6.07) is 3.63. The van der Waals surface area contributed by atoms with Gasteiger partial charge in [0.25, 0.3) is 0 Å². The molecular weight excluding hydrogens is 284 g/mol. The van der Waals surface area contributed by atoms with Gasteiger partial charge in [0, 0.05) is 7.11 Å². The lowest BCUT2D eigenvalue weighted by molar-refractivity contribution is 0.0697. The number of amides is 2. The highest BCUT2D eigenvalue weighted by molar-refractivity contribution is 6.34. The van der Waals surface area contributed by atoms with Crippen molar-refractivity contribution in [2.45, 2.75) is 19.4 Å². The van der Waals surface area contributed by atoms with E-state index in [2.05, 4.69) is 10.6 Å². The molecule has 0 radical (unpaired) electrons. The smallest absolute Gasteiger partial charge is 0.335 e. The fraction of sp³-hybridized carbons (Fsp3) is 0.385. The van der Waals surface area contributed by atoms with Gasteiger partial charge in [0.1, 0.15) is 0 Å². The van der Waals surface area contributed by atoms with Gasteiger partial charge < -0.3 is 20.5 Å². The number of anilines is 1. The normalized spacial score (nSPS) is 11.0. The summed E-state index contributed by atoms with van der Waals surface area (Å²) in [7, 11) is 1.54. The van der Waals surface area contributed by atoms with Gasteiger partial charge in [-0.2, -0.15) is 0 Å². The number of hydrogen-bond donors (Lipinski definition) is 3. The molecule has 2 amide bonds. The topological polar surface area (TPSA) is 87.7 Å². The van der Waals surface area contributed by atoms with Gasteiger partial charge in [-0.15, -0.1) is 0 Å². The minimum absolute atomic E-state index is 0.0562. The van der Waals surface area contributed by atoms with Crippen LogP contribution in [-0.2, 0) is 4.74 Å². The zero-order valence-corrected chi connectivity index (χ0v) is 12.2. The first-order chi connectivity index (χ1) is 9.25. The molecule has 0 heterocycles. The first kappa shape index (κ1) is 16.3. The van der Waals surface area contributed by atoms with Gasteiger partial charge in [-0.25, -0.2) is 9.59 Å². The van der Waals surface area contributed by atoms with Gasteiger partial charge in [0.15, 0.2) is 0 Å². The van der Waals surface area contributed by atoms with Crippen LogP contribution in [0, 0.1) is 0 Å². The summed E-state index contributed by atoms with van der Waals surface area (Å²) < 4.78 is 4.99. The van der Waals surface area contributed by atoms with Crippen molar-refractivity contribution in [1.29, 1.82) is 0 Å². The molecule has 0 saturated heterocycles. The lowest BCUT2D eigenvalue weighted by Gasteiger charge is -2.25. The van der Waals surface area contributed by atoms with E-state index >= 15 is 0 Å². The fourth-order valence-corrected chi connectivity index (χ4v) is 1.84. The molecule has 0 aliphatic rings. The first-order valence-corrected chi connectivity index (χ1v) is 6.24. The Labute approximate surface area is 122 Å². The number of carbonyl (C=O) groups excluding carboxylic acids is 1. The summed E-state index contributed by atoms with van der Waals surface area (Å²) in [6.07, 6.45) is 0. The Morgan fingerprint density at radius 2 is 2.05 bits per heavy atom. The number of urea groups is 1. The molecule has 3 N–H and O–H groups in total. The van der Waals surface area contributed by atoms with E-state index in [0.29, 0.717) is 12.3 Å². The van der Waals surface area contributed by atoms with Crippen LogP contribution in [0.2, 0.25) is 5.02 Å². The molecule has 1 aromatic carbocycles. The lowest BCUT2D eigenvalue weighted by Crippen LogP contribution is -2.48. The van der Waals surface area contributed by atoms with Gasteiger partial charge in [-0.05, 0) is 32.0 Å². The van der Waals surface area contributed by atoms with Crippen LogP contribution in [0.25, 0.3) is 0 Å². The second kappa shape index (κ2) is 6.58. The molecule has 0 aromatic heterocycles. The maximum absolute atomic E-state index is 11.8. The van der Waals surface area contributed by atoms with Crippen LogP contribution < -0.4 is 10.6 Å². The van der Waals surface area contributed by atoms with E-state index in [0.717, 1.165) is 0 Å². The predicted molar refractivity (Wildman–Crippen MR) is 76.5 cm³/mol. The van der Waals surface area contributed by atoms with Crippen LogP contribution in [-0.4, -0.2) is 36.4 Å². The van der Waals surface area contributed by atoms with Crippen molar-refractivity contribution in [1.82, 2.24) is 5.32 Å². The summed E-state index contributed by atoms with van der Waals surface area (Å²) in [5, 5.41) is 14.3. The molecule has 0 atom stereocenters. The molecule has 7 heteroatoms. The fourth-order valence-electron chi connectivity index (χ4n) is 1.61. The van der Waals surface area contributed by atoms with Crippen molar-refractivity contribution in [3.8, 4) is 0 Å². The van der Waals surface area contributed by atoms with Crippen LogP contribution in [0.15, 0.2) is 18.2 Å². The Balaban J connectivity index is 2.74. The number of carboxylic acid groups (broad SMARTS) is 1. The van der Waals surface area contributed by atoms with Crippen LogP contribution in [0.4, 0.5) is 10.5 Å². The highest BCUT2D eigenvalue weighted by Gasteiger charge is 2.20. The number of aromatic carboxylic acids is 1. The third-order valence-electron chi connectivity index (χ3n) is 2.42. The minimum atomic E-state index is -1.08. The number of carbonyl (C=O) groups is 2. The minimum Gasteiger partial charge on any atom is -0.478 e. The monoisotopic (exact) mass is 300 g/mol. The maximum Gasteiger partial charge on any atom is 0.335 e. The second-order valence-electron chi connectivity index (χ2n) is 4.90. The molecule has 0 bridgehead atoms. The van der Waals surface area contributed by atoms with Gasteiger partial charge in [0.2, 0.25) is 0 Å². The molecule has 0 spiro atoms. The number of ether oxygens (including phenoxy) is 1. The largest absolute Gasteiger partial charge is 0.478 e. The molecular formula is C13H17ClN2O4. The second-order valence-corrected chi connectivity index (χ2v) is 5.30. The number of hydrogen-bond acceptors (Lipinski definition) is 3. The molecule has 6 nitrogen and oxygen atoms in total. The highest BCUT2D eigenvalue weighted by Crippen LogP contribution is 2.23. The maximum atomic E-state index is 11.8. The summed E-state index contributed by atoms with van der Waals surface area (Å²) in [6.45, 7) is 3.97. The molecule has 20 heavy (non-hydrogen) atoms. The van der Waals surface area contributed by atoms with Crippen LogP contribution in [0.3, 0.4) is 0 Å². The summed E-state index contributed by atoms with van der Waals surface area (Å²) in [4.78, 5) is 22.6. The van der Waals surface area contributed by atoms with E-state index in [1.54, 1.807) is 7.11 Å². The van der Waals surface area contributed by atoms with E-state index in [1.807, 2.05) is 13.8 Å². The van der Waals surface area contributed by atoms with E-state index in [4.69, 9.17) is 21.4 Å². The molecule has 0 aliphatic heterocycles. The van der Waals surface area contributed by atoms with E-state index in [-0.39, 0.29) is 10.6 Å². The third-order valence-corrected chi connectivity index (χ3v) is 2.73. The Kier molecular flexibility index (Phi) is 5.35. The Morgan fingerprint density at radius 1 is 1.40 bits per heavy atom. The Hall–Kier alpha value is -1.79. The van der Waals surface area contributed by atoms with E-state index in [1.165, 1.54) is 18.2 Å². The SMILES string of the molecule is COCC(C)(C)NC(=O)Nc1ccc(C(=O)O)cc1Cl.